The normalized spacial score (nSPS) is 15.5. The van der Waals surface area contributed by atoms with Crippen LogP contribution in [0, 0.1) is 11.6 Å². The van der Waals surface area contributed by atoms with Crippen molar-refractivity contribution in [3.05, 3.63) is 77.4 Å². The second-order valence-electron chi connectivity index (χ2n) is 9.87. The molecule has 222 valence electrons. The fourth-order valence-corrected chi connectivity index (χ4v) is 5.61. The van der Waals surface area contributed by atoms with Crippen LogP contribution in [-0.4, -0.2) is 76.4 Å². The number of benzene rings is 2. The molecule has 41 heavy (non-hydrogen) atoms. The van der Waals surface area contributed by atoms with Gasteiger partial charge in [0.15, 0.2) is 16.8 Å². The second-order valence-corrected chi connectivity index (χ2v) is 10.8. The number of aliphatic carboxylic acids is 2. The van der Waals surface area contributed by atoms with Crippen LogP contribution in [0.1, 0.15) is 43.2 Å². The molecule has 2 aromatic carbocycles. The Balaban J connectivity index is 0.000000507. The molecule has 0 spiro atoms. The molecular formula is C30H37F2N3O5S. The topological polar surface area (TPSA) is 103 Å². The Kier molecular flexibility index (Phi) is 13.3. The summed E-state index contributed by atoms with van der Waals surface area (Å²) in [6.07, 6.45) is 6.73. The van der Waals surface area contributed by atoms with Crippen LogP contribution < -0.4 is 0 Å². The van der Waals surface area contributed by atoms with Crippen molar-refractivity contribution in [2.75, 3.05) is 33.3 Å². The predicted molar refractivity (Wildman–Crippen MR) is 156 cm³/mol. The number of amidine groups is 1. The van der Waals surface area contributed by atoms with Gasteiger partial charge >= 0.3 is 11.9 Å². The van der Waals surface area contributed by atoms with Gasteiger partial charge in [-0.2, -0.15) is 0 Å². The van der Waals surface area contributed by atoms with E-state index in [-0.39, 0.29) is 0 Å². The molecule has 0 saturated carbocycles. The smallest absolute Gasteiger partial charge is 0.328 e. The van der Waals surface area contributed by atoms with Gasteiger partial charge in [-0.25, -0.2) is 23.4 Å². The summed E-state index contributed by atoms with van der Waals surface area (Å²) in [5.74, 6) is -3.15. The third-order valence-corrected chi connectivity index (χ3v) is 7.95. The number of piperidine rings is 1. The molecule has 2 heterocycles. The van der Waals surface area contributed by atoms with Gasteiger partial charge in [-0.3, -0.25) is 0 Å². The van der Waals surface area contributed by atoms with Gasteiger partial charge in [0.1, 0.15) is 0 Å². The summed E-state index contributed by atoms with van der Waals surface area (Å²) in [6.45, 7) is 4.37. The molecule has 2 N–H and O–H groups in total. The van der Waals surface area contributed by atoms with E-state index in [2.05, 4.69) is 41.1 Å². The monoisotopic (exact) mass is 589 g/mol. The lowest BCUT2D eigenvalue weighted by atomic mass is 10.0. The maximum atomic E-state index is 13.2. The minimum atomic E-state index is -1.26. The van der Waals surface area contributed by atoms with E-state index < -0.39 is 23.6 Å². The number of fused-ring (bicyclic) bond motifs is 1. The van der Waals surface area contributed by atoms with E-state index >= 15 is 0 Å². The molecule has 0 amide bonds. The largest absolute Gasteiger partial charge is 0.478 e. The van der Waals surface area contributed by atoms with Crippen molar-refractivity contribution in [1.82, 2.24) is 9.80 Å². The van der Waals surface area contributed by atoms with Crippen LogP contribution in [0.5, 0.6) is 0 Å². The van der Waals surface area contributed by atoms with Crippen LogP contribution in [0.15, 0.2) is 59.6 Å². The number of carbonyl (C=O) groups is 2. The van der Waals surface area contributed by atoms with Crippen molar-refractivity contribution in [2.45, 2.75) is 50.5 Å². The Morgan fingerprint density at radius 1 is 1.05 bits per heavy atom. The van der Waals surface area contributed by atoms with Crippen molar-refractivity contribution < 1.29 is 33.3 Å². The first-order valence-electron chi connectivity index (χ1n) is 13.6. The number of para-hydroxylation sites is 1. The first kappa shape index (κ1) is 32.2. The molecule has 2 aromatic rings. The standard InChI is InChI=1S/C26H33F2N3OS.C4H4O4/c1-30(26-29-25-8-4-3-7-21(25)19-33-26)22-11-14-31(15-12-22)13-5-2-6-16-32-18-20-9-10-23(27)24(28)17-20;5-3(6)1-2-4(7)8/h3-4,7-10,17,22H,2,5-6,11-16,18-19H2,1H3;1-2H,(H,5,6)(H,7,8). The highest BCUT2D eigenvalue weighted by atomic mass is 32.2. The molecule has 1 saturated heterocycles. The highest BCUT2D eigenvalue weighted by Crippen LogP contribution is 2.33. The van der Waals surface area contributed by atoms with Crippen LogP contribution in [-0.2, 0) is 26.7 Å². The van der Waals surface area contributed by atoms with E-state index in [1.807, 2.05) is 11.8 Å². The molecule has 0 radical (unpaired) electrons. The van der Waals surface area contributed by atoms with Crippen LogP contribution >= 0.6 is 11.8 Å². The maximum absolute atomic E-state index is 13.2. The summed E-state index contributed by atoms with van der Waals surface area (Å²) in [6, 6.07) is 12.9. The first-order chi connectivity index (χ1) is 19.7. The summed E-state index contributed by atoms with van der Waals surface area (Å²) in [5, 5.41) is 16.8. The second kappa shape index (κ2) is 16.9. The Labute approximate surface area is 243 Å². The number of carboxylic acids is 2. The zero-order valence-electron chi connectivity index (χ0n) is 23.2. The Bertz CT molecular complexity index is 1200. The van der Waals surface area contributed by atoms with Crippen molar-refractivity contribution >= 4 is 34.6 Å². The minimum absolute atomic E-state index is 0.327. The van der Waals surface area contributed by atoms with Crippen molar-refractivity contribution in [1.29, 1.82) is 0 Å². The zero-order chi connectivity index (χ0) is 29.6. The maximum Gasteiger partial charge on any atom is 0.328 e. The molecule has 0 unspecified atom stereocenters. The van der Waals surface area contributed by atoms with E-state index in [4.69, 9.17) is 19.9 Å². The molecule has 2 aliphatic rings. The fourth-order valence-electron chi connectivity index (χ4n) is 4.57. The van der Waals surface area contributed by atoms with E-state index in [1.165, 1.54) is 24.5 Å². The number of aliphatic imine (C=N–C) groups is 1. The predicted octanol–water partition coefficient (Wildman–Crippen LogP) is 5.69. The molecule has 0 atom stereocenters. The molecule has 11 heteroatoms. The van der Waals surface area contributed by atoms with E-state index in [0.29, 0.717) is 37.0 Å². The number of likely N-dealkylation sites (tertiary alicyclic amines) is 1. The van der Waals surface area contributed by atoms with Crippen molar-refractivity contribution in [3.8, 4) is 0 Å². The summed E-state index contributed by atoms with van der Waals surface area (Å²) in [4.78, 5) is 29.0. The number of hydrogen-bond donors (Lipinski definition) is 2. The van der Waals surface area contributed by atoms with E-state index in [1.54, 1.807) is 6.07 Å². The molecule has 1 fully saturated rings. The third kappa shape index (κ3) is 11.3. The number of nitrogens with zero attached hydrogens (tertiary/aromatic N) is 3. The summed E-state index contributed by atoms with van der Waals surface area (Å²) >= 11 is 1.85. The first-order valence-corrected chi connectivity index (χ1v) is 14.6. The van der Waals surface area contributed by atoms with Crippen LogP contribution in [0.4, 0.5) is 14.5 Å². The Hall–Kier alpha value is -3.28. The van der Waals surface area contributed by atoms with E-state index in [0.717, 1.165) is 61.6 Å². The summed E-state index contributed by atoms with van der Waals surface area (Å²) in [7, 11) is 2.19. The number of hydrogen-bond acceptors (Lipinski definition) is 7. The number of ether oxygens (including phenoxy) is 1. The van der Waals surface area contributed by atoms with Gasteiger partial charge in [0.25, 0.3) is 0 Å². The van der Waals surface area contributed by atoms with Crippen molar-refractivity contribution in [3.63, 3.8) is 0 Å². The lowest BCUT2D eigenvalue weighted by Gasteiger charge is -2.38. The van der Waals surface area contributed by atoms with E-state index in [9.17, 15) is 18.4 Å². The molecule has 4 rings (SSSR count). The molecular weight excluding hydrogens is 552 g/mol. The van der Waals surface area contributed by atoms with Gasteiger partial charge in [-0.05, 0) is 68.0 Å². The number of rotatable bonds is 11. The molecule has 8 nitrogen and oxygen atoms in total. The third-order valence-electron chi connectivity index (χ3n) is 6.86. The fraction of sp³-hybridized carbons (Fsp3) is 0.433. The molecule has 0 aliphatic carbocycles. The highest BCUT2D eigenvalue weighted by molar-refractivity contribution is 8.13. The molecule has 0 aromatic heterocycles. The lowest BCUT2D eigenvalue weighted by Crippen LogP contribution is -2.45. The number of thioether (sulfide) groups is 1. The van der Waals surface area contributed by atoms with Crippen LogP contribution in [0.25, 0.3) is 0 Å². The highest BCUT2D eigenvalue weighted by Gasteiger charge is 2.26. The lowest BCUT2D eigenvalue weighted by molar-refractivity contribution is -0.134. The number of unbranched alkanes of at least 4 members (excludes halogenated alkanes) is 2. The zero-order valence-corrected chi connectivity index (χ0v) is 24.0. The quantitative estimate of drug-likeness (QED) is 0.255. The summed E-state index contributed by atoms with van der Waals surface area (Å²) < 4.78 is 31.8. The van der Waals surface area contributed by atoms with Gasteiger partial charge < -0.3 is 24.7 Å². The van der Waals surface area contributed by atoms with Gasteiger partial charge in [-0.15, -0.1) is 0 Å². The van der Waals surface area contributed by atoms with Crippen LogP contribution in [0.3, 0.4) is 0 Å². The van der Waals surface area contributed by atoms with Gasteiger partial charge in [0.05, 0.1) is 12.3 Å². The van der Waals surface area contributed by atoms with Crippen LogP contribution in [0.2, 0.25) is 0 Å². The Morgan fingerprint density at radius 2 is 1.76 bits per heavy atom. The van der Waals surface area contributed by atoms with Gasteiger partial charge in [0, 0.05) is 50.7 Å². The van der Waals surface area contributed by atoms with Gasteiger partial charge in [0.2, 0.25) is 0 Å². The SMILES string of the molecule is CN(C1=Nc2ccccc2CS1)C1CCN(CCCCCOCc2ccc(F)c(F)c2)CC1.O=C(O)C=CC(=O)O. The molecule has 0 bridgehead atoms. The average Bonchev–Trinajstić information content (AvgIpc) is 2.97. The number of halogens is 2. The Morgan fingerprint density at radius 3 is 2.44 bits per heavy atom. The minimum Gasteiger partial charge on any atom is -0.478 e. The van der Waals surface area contributed by atoms with Crippen molar-refractivity contribution in [2.24, 2.45) is 4.99 Å². The summed E-state index contributed by atoms with van der Waals surface area (Å²) in [5.41, 5.74) is 3.11. The number of carboxylic acid groups (broad SMARTS) is 2. The average molecular weight is 590 g/mol. The van der Waals surface area contributed by atoms with Gasteiger partial charge in [-0.1, -0.05) is 36.0 Å². The molecule has 2 aliphatic heterocycles.